The van der Waals surface area contributed by atoms with E-state index in [1.807, 2.05) is 18.2 Å². The lowest BCUT2D eigenvalue weighted by molar-refractivity contribution is -0.121. The number of halogens is 1. The van der Waals surface area contributed by atoms with Crippen molar-refractivity contribution in [2.45, 2.75) is 45.1 Å². The van der Waals surface area contributed by atoms with E-state index in [-0.39, 0.29) is 12.3 Å². The Kier molecular flexibility index (Phi) is 5.01. The Bertz CT molecular complexity index is 666. The molecule has 1 amide bonds. The molecule has 0 bridgehead atoms. The second-order valence-corrected chi connectivity index (χ2v) is 6.74. The van der Waals surface area contributed by atoms with Gasteiger partial charge in [-0.05, 0) is 43.0 Å². The summed E-state index contributed by atoms with van der Waals surface area (Å²) < 4.78 is 5.33. The highest BCUT2D eigenvalue weighted by Gasteiger charge is 2.23. The van der Waals surface area contributed by atoms with Gasteiger partial charge in [-0.3, -0.25) is 4.79 Å². The molecule has 1 saturated carbocycles. The first-order valence-electron chi connectivity index (χ1n) is 8.13. The molecule has 0 radical (unpaired) electrons. The largest absolute Gasteiger partial charge is 0.356 e. The fourth-order valence-corrected chi connectivity index (χ4v) is 3.22. The summed E-state index contributed by atoms with van der Waals surface area (Å²) in [6.07, 6.45) is 4.97. The normalized spacial score (nSPS) is 21.1. The van der Waals surface area contributed by atoms with Crippen LogP contribution in [0, 0.1) is 5.92 Å². The number of benzene rings is 1. The average molecular weight is 333 g/mol. The Morgan fingerprint density at radius 1 is 1.30 bits per heavy atom. The molecule has 1 fully saturated rings. The highest BCUT2D eigenvalue weighted by molar-refractivity contribution is 6.30. The topological polar surface area (TPSA) is 55.1 Å². The van der Waals surface area contributed by atoms with Crippen molar-refractivity contribution < 1.29 is 9.32 Å². The summed E-state index contributed by atoms with van der Waals surface area (Å²) >= 11 is 5.88. The maximum Gasteiger partial charge on any atom is 0.226 e. The minimum absolute atomic E-state index is 0.0136. The van der Waals surface area contributed by atoms with Crippen molar-refractivity contribution in [3.8, 4) is 11.3 Å². The summed E-state index contributed by atoms with van der Waals surface area (Å²) in [6, 6.07) is 9.45. The van der Waals surface area contributed by atoms with Gasteiger partial charge in [-0.25, -0.2) is 0 Å². The van der Waals surface area contributed by atoms with E-state index >= 15 is 0 Å². The van der Waals surface area contributed by atoms with Crippen LogP contribution >= 0.6 is 11.6 Å². The van der Waals surface area contributed by atoms with Crippen molar-refractivity contribution >= 4 is 17.5 Å². The number of carbonyl (C=O) groups excluding carboxylic acids is 1. The smallest absolute Gasteiger partial charge is 0.226 e. The van der Waals surface area contributed by atoms with Crippen molar-refractivity contribution in [1.29, 1.82) is 0 Å². The Morgan fingerprint density at radius 3 is 2.78 bits per heavy atom. The number of hydrogen-bond donors (Lipinski definition) is 1. The molecular weight excluding hydrogens is 312 g/mol. The van der Waals surface area contributed by atoms with Gasteiger partial charge in [-0.2, -0.15) is 0 Å². The lowest BCUT2D eigenvalue weighted by Crippen LogP contribution is -2.41. The summed E-state index contributed by atoms with van der Waals surface area (Å²) in [4.78, 5) is 12.2. The Balaban J connectivity index is 1.60. The van der Waals surface area contributed by atoms with Gasteiger partial charge in [0.25, 0.3) is 0 Å². The molecule has 3 rings (SSSR count). The first-order chi connectivity index (χ1) is 11.1. The molecule has 1 heterocycles. The van der Waals surface area contributed by atoms with E-state index in [9.17, 15) is 4.79 Å². The first-order valence-corrected chi connectivity index (χ1v) is 8.50. The summed E-state index contributed by atoms with van der Waals surface area (Å²) in [5.74, 6) is 1.21. The molecule has 1 aliphatic rings. The van der Waals surface area contributed by atoms with Crippen LogP contribution in [0.3, 0.4) is 0 Å². The average Bonchev–Trinajstić information content (AvgIpc) is 2.98. The van der Waals surface area contributed by atoms with Crippen LogP contribution in [0.4, 0.5) is 0 Å². The Hall–Kier alpha value is -1.81. The van der Waals surface area contributed by atoms with Crippen molar-refractivity contribution in [3.05, 3.63) is 41.0 Å². The quantitative estimate of drug-likeness (QED) is 0.911. The molecule has 0 saturated heterocycles. The standard InChI is InChI=1S/C18H21ClN2O2/c1-12-4-2-3-5-16(12)20-18(22)11-15-10-17(23-21-15)13-6-8-14(19)9-7-13/h6-10,12,16H,2-5,11H2,1H3,(H,20,22). The predicted molar refractivity (Wildman–Crippen MR) is 90.2 cm³/mol. The van der Waals surface area contributed by atoms with Gasteiger partial charge in [0.1, 0.15) is 0 Å². The van der Waals surface area contributed by atoms with Crippen molar-refractivity contribution in [1.82, 2.24) is 10.5 Å². The minimum atomic E-state index is 0.0136. The van der Waals surface area contributed by atoms with Crippen LogP contribution in [0.15, 0.2) is 34.9 Å². The van der Waals surface area contributed by atoms with Gasteiger partial charge >= 0.3 is 0 Å². The zero-order chi connectivity index (χ0) is 16.2. The third-order valence-corrected chi connectivity index (χ3v) is 4.74. The first kappa shape index (κ1) is 16.1. The van der Waals surface area contributed by atoms with Gasteiger partial charge in [-0.1, -0.05) is 36.5 Å². The fourth-order valence-electron chi connectivity index (χ4n) is 3.10. The van der Waals surface area contributed by atoms with Crippen LogP contribution < -0.4 is 5.32 Å². The molecule has 1 aliphatic carbocycles. The van der Waals surface area contributed by atoms with E-state index in [0.29, 0.717) is 28.4 Å². The molecule has 0 aliphatic heterocycles. The molecular formula is C18H21ClN2O2. The van der Waals surface area contributed by atoms with E-state index in [4.69, 9.17) is 16.1 Å². The molecule has 1 aromatic carbocycles. The molecule has 2 atom stereocenters. The predicted octanol–water partition coefficient (Wildman–Crippen LogP) is 4.23. The summed E-state index contributed by atoms with van der Waals surface area (Å²) in [5, 5.41) is 7.81. The van der Waals surface area contributed by atoms with Crippen molar-refractivity contribution in [3.63, 3.8) is 0 Å². The molecule has 0 spiro atoms. The zero-order valence-electron chi connectivity index (χ0n) is 13.2. The third-order valence-electron chi connectivity index (χ3n) is 4.49. The van der Waals surface area contributed by atoms with Crippen LogP contribution in [0.5, 0.6) is 0 Å². The lowest BCUT2D eigenvalue weighted by Gasteiger charge is -2.29. The van der Waals surface area contributed by atoms with Crippen LogP contribution in [-0.4, -0.2) is 17.1 Å². The van der Waals surface area contributed by atoms with Gasteiger partial charge < -0.3 is 9.84 Å². The number of aromatic nitrogens is 1. The van der Waals surface area contributed by atoms with Gasteiger partial charge in [0, 0.05) is 22.7 Å². The summed E-state index contributed by atoms with van der Waals surface area (Å²) in [6.45, 7) is 2.21. The molecule has 4 nitrogen and oxygen atoms in total. The molecule has 1 N–H and O–H groups in total. The van der Waals surface area contributed by atoms with Gasteiger partial charge in [-0.15, -0.1) is 0 Å². The summed E-state index contributed by atoms with van der Waals surface area (Å²) in [7, 11) is 0. The van der Waals surface area contributed by atoms with Gasteiger partial charge in [0.05, 0.1) is 12.1 Å². The van der Waals surface area contributed by atoms with Gasteiger partial charge in [0.2, 0.25) is 5.91 Å². The number of hydrogen-bond acceptors (Lipinski definition) is 3. The molecule has 2 aromatic rings. The highest BCUT2D eigenvalue weighted by atomic mass is 35.5. The van der Waals surface area contributed by atoms with Crippen LogP contribution in [0.25, 0.3) is 11.3 Å². The maximum atomic E-state index is 12.2. The Morgan fingerprint density at radius 2 is 2.04 bits per heavy atom. The monoisotopic (exact) mass is 332 g/mol. The number of nitrogens with one attached hydrogen (secondary N) is 1. The number of nitrogens with zero attached hydrogens (tertiary/aromatic N) is 1. The van der Waals surface area contributed by atoms with Crippen molar-refractivity contribution in [2.75, 3.05) is 0 Å². The number of carbonyl (C=O) groups is 1. The highest BCUT2D eigenvalue weighted by Crippen LogP contribution is 2.24. The number of rotatable bonds is 4. The SMILES string of the molecule is CC1CCCCC1NC(=O)Cc1cc(-c2ccc(Cl)cc2)on1. The van der Waals surface area contributed by atoms with E-state index in [2.05, 4.69) is 17.4 Å². The second kappa shape index (κ2) is 7.18. The van der Waals surface area contributed by atoms with E-state index in [1.165, 1.54) is 19.3 Å². The van der Waals surface area contributed by atoms with Crippen LogP contribution in [0.1, 0.15) is 38.3 Å². The summed E-state index contributed by atoms with van der Waals surface area (Å²) in [5.41, 5.74) is 1.55. The van der Waals surface area contributed by atoms with Crippen LogP contribution in [0.2, 0.25) is 5.02 Å². The zero-order valence-corrected chi connectivity index (χ0v) is 14.0. The van der Waals surface area contributed by atoms with E-state index < -0.39 is 0 Å². The molecule has 1 aromatic heterocycles. The lowest BCUT2D eigenvalue weighted by atomic mass is 9.86. The van der Waals surface area contributed by atoms with Gasteiger partial charge in [0.15, 0.2) is 5.76 Å². The Labute approximate surface area is 141 Å². The molecule has 122 valence electrons. The van der Waals surface area contributed by atoms with E-state index in [0.717, 1.165) is 12.0 Å². The van der Waals surface area contributed by atoms with Crippen LogP contribution in [-0.2, 0) is 11.2 Å². The van der Waals surface area contributed by atoms with Crippen molar-refractivity contribution in [2.24, 2.45) is 5.92 Å². The molecule has 5 heteroatoms. The molecule has 23 heavy (non-hydrogen) atoms. The van der Waals surface area contributed by atoms with E-state index in [1.54, 1.807) is 12.1 Å². The second-order valence-electron chi connectivity index (χ2n) is 6.30. The third kappa shape index (κ3) is 4.14. The number of amides is 1. The minimum Gasteiger partial charge on any atom is -0.356 e. The molecule has 2 unspecified atom stereocenters. The maximum absolute atomic E-state index is 12.2. The fraction of sp³-hybridized carbons (Fsp3) is 0.444.